The molecule has 3 aromatic rings. The molecular formula is C23H15Cl3N2O2S. The zero-order valence-corrected chi connectivity index (χ0v) is 19.1. The third-order valence-electron chi connectivity index (χ3n) is 5.45. The molecule has 1 spiro atoms. The fraction of sp³-hybridized carbons (Fsp3) is 0.130. The van der Waals surface area contributed by atoms with Crippen LogP contribution in [0.5, 0.6) is 0 Å². The van der Waals surface area contributed by atoms with Gasteiger partial charge in [-0.15, -0.1) is 11.8 Å². The van der Waals surface area contributed by atoms with Crippen LogP contribution in [0, 0.1) is 0 Å². The van der Waals surface area contributed by atoms with Gasteiger partial charge < -0.3 is 4.90 Å². The van der Waals surface area contributed by atoms with Gasteiger partial charge >= 0.3 is 0 Å². The molecule has 0 N–H and O–H groups in total. The normalized spacial score (nSPS) is 20.1. The summed E-state index contributed by atoms with van der Waals surface area (Å²) in [5.74, 6) is -0.141. The lowest BCUT2D eigenvalue weighted by Crippen LogP contribution is -2.49. The van der Waals surface area contributed by atoms with E-state index < -0.39 is 4.87 Å². The highest BCUT2D eigenvalue weighted by Crippen LogP contribution is 2.56. The number of halogens is 3. The second-order valence-corrected chi connectivity index (χ2v) is 9.72. The van der Waals surface area contributed by atoms with Gasteiger partial charge in [0, 0.05) is 16.3 Å². The third-order valence-corrected chi connectivity index (χ3v) is 7.82. The SMILES string of the molecule is O=C1CS[C@@]2(C(=O)N(Cc3cccc(Cl)c3)c3ccccc32)N1c1ccc(Cl)c(Cl)c1. The number of carbonyl (C=O) groups is 2. The lowest BCUT2D eigenvalue weighted by Gasteiger charge is -2.33. The Morgan fingerprint density at radius 3 is 2.48 bits per heavy atom. The highest BCUT2D eigenvalue weighted by molar-refractivity contribution is 8.02. The second-order valence-electron chi connectivity index (χ2n) is 7.30. The van der Waals surface area contributed by atoms with Crippen molar-refractivity contribution in [3.05, 3.63) is 92.9 Å². The molecule has 8 heteroatoms. The topological polar surface area (TPSA) is 40.6 Å². The Kier molecular flexibility index (Phi) is 5.18. The number of rotatable bonds is 3. The van der Waals surface area contributed by atoms with Gasteiger partial charge in [-0.25, -0.2) is 0 Å². The Morgan fingerprint density at radius 2 is 1.71 bits per heavy atom. The van der Waals surface area contributed by atoms with Crippen LogP contribution in [0.1, 0.15) is 11.1 Å². The molecule has 0 saturated carbocycles. The maximum absolute atomic E-state index is 14.0. The minimum atomic E-state index is -1.19. The highest BCUT2D eigenvalue weighted by atomic mass is 35.5. The summed E-state index contributed by atoms with van der Waals surface area (Å²) in [6.45, 7) is 0.349. The Hall–Kier alpha value is -2.18. The van der Waals surface area contributed by atoms with Crippen molar-refractivity contribution in [3.63, 3.8) is 0 Å². The number of hydrogen-bond donors (Lipinski definition) is 0. The standard InChI is InChI=1S/C23H15Cl3N2O2S/c24-15-5-3-4-14(10-15)12-27-20-7-2-1-6-17(20)23(22(27)30)28(21(29)13-31-23)16-8-9-18(25)19(26)11-16/h1-11H,12-13H2/t23-/m0/s1. The van der Waals surface area contributed by atoms with E-state index in [9.17, 15) is 9.59 Å². The zero-order valence-electron chi connectivity index (χ0n) is 16.0. The van der Waals surface area contributed by atoms with Gasteiger partial charge in [-0.2, -0.15) is 0 Å². The first-order valence-corrected chi connectivity index (χ1v) is 11.6. The first-order chi connectivity index (χ1) is 14.9. The zero-order chi connectivity index (χ0) is 21.8. The maximum Gasteiger partial charge on any atom is 0.269 e. The summed E-state index contributed by atoms with van der Waals surface area (Å²) in [5.41, 5.74) is 3.00. The average molecular weight is 490 g/mol. The number of anilines is 2. The van der Waals surface area contributed by atoms with E-state index in [0.29, 0.717) is 27.3 Å². The average Bonchev–Trinajstić information content (AvgIpc) is 3.22. The van der Waals surface area contributed by atoms with Crippen LogP contribution in [-0.2, 0) is 21.0 Å². The lowest BCUT2D eigenvalue weighted by atomic mass is 10.0. The van der Waals surface area contributed by atoms with Crippen LogP contribution >= 0.6 is 46.6 Å². The molecule has 5 rings (SSSR count). The Labute approximate surface area is 198 Å². The molecule has 2 aliphatic heterocycles. The molecule has 0 unspecified atom stereocenters. The summed E-state index contributed by atoms with van der Waals surface area (Å²) < 4.78 is 0. The quantitative estimate of drug-likeness (QED) is 0.444. The molecule has 0 bridgehead atoms. The number of amides is 2. The molecule has 1 saturated heterocycles. The predicted octanol–water partition coefficient (Wildman–Crippen LogP) is 6.13. The molecule has 1 fully saturated rings. The Bertz CT molecular complexity index is 1230. The van der Waals surface area contributed by atoms with Crippen molar-refractivity contribution in [3.8, 4) is 0 Å². The molecule has 3 aromatic carbocycles. The summed E-state index contributed by atoms with van der Waals surface area (Å²) in [5, 5.41) is 1.32. The van der Waals surface area contributed by atoms with Crippen molar-refractivity contribution in [2.75, 3.05) is 15.6 Å². The second kappa shape index (κ2) is 7.75. The van der Waals surface area contributed by atoms with E-state index in [0.717, 1.165) is 16.8 Å². The summed E-state index contributed by atoms with van der Waals surface area (Å²) in [6.07, 6.45) is 0. The molecule has 1 atom stereocenters. The van der Waals surface area contributed by atoms with Gasteiger partial charge in [-0.1, -0.05) is 65.1 Å². The predicted molar refractivity (Wildman–Crippen MR) is 127 cm³/mol. The molecule has 4 nitrogen and oxygen atoms in total. The van der Waals surface area contributed by atoms with Crippen molar-refractivity contribution in [2.24, 2.45) is 0 Å². The highest BCUT2D eigenvalue weighted by Gasteiger charge is 2.60. The van der Waals surface area contributed by atoms with Gasteiger partial charge in [0.05, 0.1) is 28.0 Å². The maximum atomic E-state index is 14.0. The molecule has 0 aromatic heterocycles. The molecule has 0 aliphatic carbocycles. The largest absolute Gasteiger partial charge is 0.304 e. The fourth-order valence-electron chi connectivity index (χ4n) is 4.15. The van der Waals surface area contributed by atoms with Crippen LogP contribution < -0.4 is 9.80 Å². The molecule has 31 heavy (non-hydrogen) atoms. The fourth-order valence-corrected chi connectivity index (χ4v) is 6.02. The minimum Gasteiger partial charge on any atom is -0.304 e. The van der Waals surface area contributed by atoms with Gasteiger partial charge in [-0.3, -0.25) is 14.5 Å². The van der Waals surface area contributed by atoms with Gasteiger partial charge in [0.1, 0.15) is 0 Å². The number of hydrogen-bond acceptors (Lipinski definition) is 3. The Balaban J connectivity index is 1.65. The molecule has 0 radical (unpaired) electrons. The van der Waals surface area contributed by atoms with Crippen LogP contribution in [-0.4, -0.2) is 17.6 Å². The van der Waals surface area contributed by atoms with Gasteiger partial charge in [0.2, 0.25) is 10.8 Å². The van der Waals surface area contributed by atoms with E-state index in [-0.39, 0.29) is 17.6 Å². The number of thioether (sulfide) groups is 1. The Morgan fingerprint density at radius 1 is 0.903 bits per heavy atom. The minimum absolute atomic E-state index is 0.156. The third kappa shape index (κ3) is 3.23. The lowest BCUT2D eigenvalue weighted by molar-refractivity contribution is -0.123. The van der Waals surface area contributed by atoms with Crippen LogP contribution in [0.3, 0.4) is 0 Å². The van der Waals surface area contributed by atoms with Gasteiger partial charge in [-0.05, 0) is 42.0 Å². The van der Waals surface area contributed by atoms with E-state index in [4.69, 9.17) is 34.8 Å². The van der Waals surface area contributed by atoms with E-state index in [1.165, 1.54) is 11.8 Å². The molecule has 2 heterocycles. The molecular weight excluding hydrogens is 475 g/mol. The molecule has 2 aliphatic rings. The first kappa shape index (κ1) is 20.7. The monoisotopic (exact) mass is 488 g/mol. The number of benzene rings is 3. The van der Waals surface area contributed by atoms with E-state index in [2.05, 4.69) is 0 Å². The van der Waals surface area contributed by atoms with Crippen LogP contribution in [0.4, 0.5) is 11.4 Å². The number of fused-ring (bicyclic) bond motifs is 2. The smallest absolute Gasteiger partial charge is 0.269 e. The number of nitrogens with zero attached hydrogens (tertiary/aromatic N) is 2. The van der Waals surface area contributed by atoms with E-state index in [1.807, 2.05) is 42.5 Å². The molecule has 156 valence electrons. The van der Waals surface area contributed by atoms with Crippen LogP contribution in [0.15, 0.2) is 66.7 Å². The first-order valence-electron chi connectivity index (χ1n) is 9.50. The van der Waals surface area contributed by atoms with Gasteiger partial charge in [0.25, 0.3) is 5.91 Å². The van der Waals surface area contributed by atoms with Gasteiger partial charge in [0.15, 0.2) is 0 Å². The summed E-state index contributed by atoms with van der Waals surface area (Å²) in [7, 11) is 0. The van der Waals surface area contributed by atoms with Crippen LogP contribution in [0.25, 0.3) is 0 Å². The summed E-state index contributed by atoms with van der Waals surface area (Å²) in [4.78, 5) is 29.1. The summed E-state index contributed by atoms with van der Waals surface area (Å²) in [6, 6.07) is 20.0. The van der Waals surface area contributed by atoms with Crippen molar-refractivity contribution in [1.29, 1.82) is 0 Å². The number of para-hydroxylation sites is 1. The van der Waals surface area contributed by atoms with Crippen molar-refractivity contribution in [2.45, 2.75) is 11.4 Å². The van der Waals surface area contributed by atoms with Crippen molar-refractivity contribution in [1.82, 2.24) is 0 Å². The van der Waals surface area contributed by atoms with Crippen molar-refractivity contribution < 1.29 is 9.59 Å². The van der Waals surface area contributed by atoms with Crippen molar-refractivity contribution >= 4 is 69.8 Å². The summed E-state index contributed by atoms with van der Waals surface area (Å²) >= 11 is 19.8. The number of carbonyl (C=O) groups excluding carboxylic acids is 2. The van der Waals surface area contributed by atoms with E-state index >= 15 is 0 Å². The van der Waals surface area contributed by atoms with Crippen LogP contribution in [0.2, 0.25) is 15.1 Å². The van der Waals surface area contributed by atoms with E-state index in [1.54, 1.807) is 34.1 Å². The molecule has 2 amide bonds.